The number of carbonyl (C=O) groups excluding carboxylic acids is 1. The first-order chi connectivity index (χ1) is 9.90. The first-order valence-electron chi connectivity index (χ1n) is 6.97. The van der Waals surface area contributed by atoms with Gasteiger partial charge in [-0.05, 0) is 40.8 Å². The molecule has 1 amide bonds. The Kier molecular flexibility index (Phi) is 4.69. The fraction of sp³-hybridized carbons (Fsp3) is 0.278. The standard InChI is InChI=1S/C18H20ClNO/c1-18(2,3)15-7-9-16(10-8-15)20-17(21)14-6-4-5-13(11-14)12-19/h4-11H,12H2,1-3H3,(H,20,21). The number of hydrogen-bond acceptors (Lipinski definition) is 1. The minimum absolute atomic E-state index is 0.108. The van der Waals surface area contributed by atoms with E-state index in [4.69, 9.17) is 11.6 Å². The molecule has 0 spiro atoms. The second-order valence-electron chi connectivity index (χ2n) is 6.12. The van der Waals surface area contributed by atoms with E-state index in [1.54, 1.807) is 6.07 Å². The zero-order valence-electron chi connectivity index (χ0n) is 12.6. The maximum Gasteiger partial charge on any atom is 0.255 e. The summed E-state index contributed by atoms with van der Waals surface area (Å²) in [6.45, 7) is 6.49. The minimum Gasteiger partial charge on any atom is -0.322 e. The number of rotatable bonds is 3. The van der Waals surface area contributed by atoms with Crippen molar-refractivity contribution in [1.29, 1.82) is 0 Å². The molecule has 2 aromatic carbocycles. The quantitative estimate of drug-likeness (QED) is 0.796. The van der Waals surface area contributed by atoms with Crippen molar-refractivity contribution in [2.24, 2.45) is 0 Å². The van der Waals surface area contributed by atoms with Gasteiger partial charge in [0.25, 0.3) is 5.91 Å². The molecule has 0 heterocycles. The first kappa shape index (κ1) is 15.6. The number of carbonyl (C=O) groups is 1. The maximum absolute atomic E-state index is 12.2. The van der Waals surface area contributed by atoms with Crippen molar-refractivity contribution in [1.82, 2.24) is 0 Å². The van der Waals surface area contributed by atoms with Crippen LogP contribution in [0.15, 0.2) is 48.5 Å². The SMILES string of the molecule is CC(C)(C)c1ccc(NC(=O)c2cccc(CCl)c2)cc1. The van der Waals surface area contributed by atoms with Crippen LogP contribution in [-0.4, -0.2) is 5.91 Å². The van der Waals surface area contributed by atoms with Gasteiger partial charge in [0.15, 0.2) is 0 Å². The molecular formula is C18H20ClNO. The van der Waals surface area contributed by atoms with Gasteiger partial charge in [0.2, 0.25) is 0 Å². The van der Waals surface area contributed by atoms with Gasteiger partial charge in [-0.1, -0.05) is 45.0 Å². The topological polar surface area (TPSA) is 29.1 Å². The Balaban J connectivity index is 2.12. The Hall–Kier alpha value is -1.80. The third-order valence-corrected chi connectivity index (χ3v) is 3.66. The van der Waals surface area contributed by atoms with E-state index in [1.807, 2.05) is 42.5 Å². The number of hydrogen-bond donors (Lipinski definition) is 1. The van der Waals surface area contributed by atoms with E-state index in [1.165, 1.54) is 5.56 Å². The van der Waals surface area contributed by atoms with Gasteiger partial charge in [-0.3, -0.25) is 4.79 Å². The predicted molar refractivity (Wildman–Crippen MR) is 89.1 cm³/mol. The van der Waals surface area contributed by atoms with Crippen molar-refractivity contribution in [2.75, 3.05) is 5.32 Å². The van der Waals surface area contributed by atoms with Gasteiger partial charge in [0.1, 0.15) is 0 Å². The molecule has 0 aliphatic carbocycles. The summed E-state index contributed by atoms with van der Waals surface area (Å²) in [5.74, 6) is 0.284. The Morgan fingerprint density at radius 1 is 1.10 bits per heavy atom. The molecule has 0 saturated carbocycles. The smallest absolute Gasteiger partial charge is 0.255 e. The molecule has 2 aromatic rings. The molecule has 0 aliphatic heterocycles. The van der Waals surface area contributed by atoms with Gasteiger partial charge in [0, 0.05) is 17.1 Å². The number of anilines is 1. The predicted octanol–water partition coefficient (Wildman–Crippen LogP) is 4.98. The Labute approximate surface area is 131 Å². The van der Waals surface area contributed by atoms with Crippen LogP contribution in [0.1, 0.15) is 42.3 Å². The lowest BCUT2D eigenvalue weighted by atomic mass is 9.87. The van der Waals surface area contributed by atoms with Crippen LogP contribution in [0.3, 0.4) is 0 Å². The second kappa shape index (κ2) is 6.31. The van der Waals surface area contributed by atoms with Gasteiger partial charge in [-0.15, -0.1) is 11.6 Å². The monoisotopic (exact) mass is 301 g/mol. The number of nitrogens with one attached hydrogen (secondary N) is 1. The maximum atomic E-state index is 12.2. The van der Waals surface area contributed by atoms with E-state index in [0.29, 0.717) is 11.4 Å². The average molecular weight is 302 g/mol. The van der Waals surface area contributed by atoms with Crippen molar-refractivity contribution in [3.63, 3.8) is 0 Å². The van der Waals surface area contributed by atoms with Gasteiger partial charge in [-0.25, -0.2) is 0 Å². The summed E-state index contributed by atoms with van der Waals surface area (Å²) >= 11 is 5.79. The summed E-state index contributed by atoms with van der Waals surface area (Å²) < 4.78 is 0. The molecule has 0 fully saturated rings. The molecule has 110 valence electrons. The molecule has 1 N–H and O–H groups in total. The van der Waals surface area contributed by atoms with Gasteiger partial charge < -0.3 is 5.32 Å². The highest BCUT2D eigenvalue weighted by Gasteiger charge is 2.13. The molecule has 0 aliphatic rings. The number of halogens is 1. The average Bonchev–Trinajstić information content (AvgIpc) is 2.47. The molecule has 2 rings (SSSR count). The van der Waals surface area contributed by atoms with E-state index in [0.717, 1.165) is 11.3 Å². The van der Waals surface area contributed by atoms with Crippen molar-refractivity contribution < 1.29 is 4.79 Å². The highest BCUT2D eigenvalue weighted by atomic mass is 35.5. The first-order valence-corrected chi connectivity index (χ1v) is 7.50. The van der Waals surface area contributed by atoms with Crippen molar-refractivity contribution in [3.8, 4) is 0 Å². The van der Waals surface area contributed by atoms with E-state index in [9.17, 15) is 4.79 Å². The molecule has 0 bridgehead atoms. The van der Waals surface area contributed by atoms with Gasteiger partial charge >= 0.3 is 0 Å². The fourth-order valence-corrected chi connectivity index (χ4v) is 2.22. The summed E-state index contributed by atoms with van der Waals surface area (Å²) in [5.41, 5.74) is 3.70. The fourth-order valence-electron chi connectivity index (χ4n) is 2.05. The highest BCUT2D eigenvalue weighted by molar-refractivity contribution is 6.17. The van der Waals surface area contributed by atoms with Crippen molar-refractivity contribution in [3.05, 3.63) is 65.2 Å². The number of amides is 1. The van der Waals surface area contributed by atoms with Crippen LogP contribution in [0.4, 0.5) is 5.69 Å². The lowest BCUT2D eigenvalue weighted by molar-refractivity contribution is 0.102. The Morgan fingerprint density at radius 3 is 2.33 bits per heavy atom. The van der Waals surface area contributed by atoms with Crippen LogP contribution in [0.5, 0.6) is 0 Å². The third-order valence-electron chi connectivity index (χ3n) is 3.35. The zero-order chi connectivity index (χ0) is 15.5. The second-order valence-corrected chi connectivity index (χ2v) is 6.38. The summed E-state index contributed by atoms with van der Waals surface area (Å²) in [6.07, 6.45) is 0. The normalized spacial score (nSPS) is 11.2. The molecule has 0 aromatic heterocycles. The van der Waals surface area contributed by atoms with Crippen molar-refractivity contribution >= 4 is 23.2 Å². The zero-order valence-corrected chi connectivity index (χ0v) is 13.4. The Morgan fingerprint density at radius 2 is 1.76 bits per heavy atom. The van der Waals surface area contributed by atoms with E-state index in [2.05, 4.69) is 26.1 Å². The minimum atomic E-state index is -0.120. The number of alkyl halides is 1. The third kappa shape index (κ3) is 4.08. The van der Waals surface area contributed by atoms with Crippen LogP contribution in [0, 0.1) is 0 Å². The Bertz CT molecular complexity index is 626. The lowest BCUT2D eigenvalue weighted by Gasteiger charge is -2.19. The van der Waals surface area contributed by atoms with Crippen LogP contribution < -0.4 is 5.32 Å². The summed E-state index contributed by atoms with van der Waals surface area (Å²) in [7, 11) is 0. The number of benzene rings is 2. The van der Waals surface area contributed by atoms with Gasteiger partial charge in [-0.2, -0.15) is 0 Å². The van der Waals surface area contributed by atoms with Crippen LogP contribution in [0.25, 0.3) is 0 Å². The van der Waals surface area contributed by atoms with E-state index in [-0.39, 0.29) is 11.3 Å². The molecule has 0 radical (unpaired) electrons. The lowest BCUT2D eigenvalue weighted by Crippen LogP contribution is -2.13. The van der Waals surface area contributed by atoms with Gasteiger partial charge in [0.05, 0.1) is 0 Å². The molecule has 3 heteroatoms. The van der Waals surface area contributed by atoms with Crippen molar-refractivity contribution in [2.45, 2.75) is 32.1 Å². The molecule has 0 unspecified atom stereocenters. The van der Waals surface area contributed by atoms with Crippen LogP contribution in [-0.2, 0) is 11.3 Å². The molecule has 0 saturated heterocycles. The molecule has 2 nitrogen and oxygen atoms in total. The van der Waals surface area contributed by atoms with Crippen LogP contribution in [0.2, 0.25) is 0 Å². The van der Waals surface area contributed by atoms with E-state index >= 15 is 0 Å². The highest BCUT2D eigenvalue weighted by Crippen LogP contribution is 2.23. The largest absolute Gasteiger partial charge is 0.322 e. The van der Waals surface area contributed by atoms with Crippen LogP contribution >= 0.6 is 11.6 Å². The summed E-state index contributed by atoms with van der Waals surface area (Å²) in [4.78, 5) is 12.2. The molecular weight excluding hydrogens is 282 g/mol. The molecule has 21 heavy (non-hydrogen) atoms. The van der Waals surface area contributed by atoms with E-state index < -0.39 is 0 Å². The molecule has 0 atom stereocenters. The summed E-state index contributed by atoms with van der Waals surface area (Å²) in [6, 6.07) is 15.3. The summed E-state index contributed by atoms with van der Waals surface area (Å²) in [5, 5.41) is 2.91.